The molecule has 0 aromatic heterocycles. The lowest BCUT2D eigenvalue weighted by Crippen LogP contribution is -2.40. The molecule has 5 nitrogen and oxygen atoms in total. The monoisotopic (exact) mass is 382 g/mol. The summed E-state index contributed by atoms with van der Waals surface area (Å²) < 4.78 is 47.7. The van der Waals surface area contributed by atoms with Crippen LogP contribution in [0.2, 0.25) is 0 Å². The van der Waals surface area contributed by atoms with Gasteiger partial charge in [-0.2, -0.15) is 8.78 Å². The zero-order valence-corrected chi connectivity index (χ0v) is 14.9. The number of rotatable bonds is 5. The molecule has 0 saturated carbocycles. The van der Waals surface area contributed by atoms with Crippen LogP contribution in [0.25, 0.3) is 0 Å². The van der Waals surface area contributed by atoms with Crippen molar-refractivity contribution in [3.63, 3.8) is 0 Å². The number of nitrogens with zero attached hydrogens (tertiary/aromatic N) is 1. The van der Waals surface area contributed by atoms with Crippen LogP contribution in [-0.4, -0.2) is 51.7 Å². The Morgan fingerprint density at radius 3 is 2.25 bits per heavy atom. The topological polar surface area (TPSA) is 66.5 Å². The Labute approximate surface area is 146 Å². The van der Waals surface area contributed by atoms with E-state index in [2.05, 4.69) is 5.32 Å². The van der Waals surface area contributed by atoms with E-state index in [-0.39, 0.29) is 18.3 Å². The Morgan fingerprint density at radius 2 is 1.79 bits per heavy atom. The number of hydrogen-bond donors (Lipinski definition) is 1. The number of likely N-dealkylation sites (tertiary alicyclic amines) is 1. The van der Waals surface area contributed by atoms with Crippen LogP contribution >= 0.6 is 12.4 Å². The van der Waals surface area contributed by atoms with Crippen molar-refractivity contribution in [2.24, 2.45) is 5.92 Å². The van der Waals surface area contributed by atoms with Crippen molar-refractivity contribution in [3.8, 4) is 0 Å². The molecule has 9 heteroatoms. The van der Waals surface area contributed by atoms with Crippen molar-refractivity contribution in [3.05, 3.63) is 29.8 Å². The highest BCUT2D eigenvalue weighted by atomic mass is 35.5. The van der Waals surface area contributed by atoms with Crippen LogP contribution < -0.4 is 5.32 Å². The van der Waals surface area contributed by atoms with E-state index in [9.17, 15) is 22.0 Å². The standard InChI is InChI=1S/C15H20F2N2O3S.ClH/c1-18-10-11-6-8-19(9-7-11)14(20)12-2-4-13(5-3-12)23(21,22)15(16)17;/h2-5,11,15,18H,6-10H2,1H3;1H. The van der Waals surface area contributed by atoms with Crippen molar-refractivity contribution < 1.29 is 22.0 Å². The van der Waals surface area contributed by atoms with Gasteiger partial charge < -0.3 is 10.2 Å². The maximum Gasteiger partial charge on any atom is 0.341 e. The molecule has 0 spiro atoms. The second kappa shape index (κ2) is 8.73. The maximum absolute atomic E-state index is 12.5. The van der Waals surface area contributed by atoms with Crippen molar-refractivity contribution in [1.29, 1.82) is 0 Å². The van der Waals surface area contributed by atoms with Crippen LogP contribution in [0.3, 0.4) is 0 Å². The Kier molecular flexibility index (Phi) is 7.56. The van der Waals surface area contributed by atoms with Gasteiger partial charge in [-0.25, -0.2) is 8.42 Å². The number of alkyl halides is 2. The number of benzene rings is 1. The molecule has 0 atom stereocenters. The minimum Gasteiger partial charge on any atom is -0.339 e. The first-order valence-corrected chi connectivity index (χ1v) is 8.97. The lowest BCUT2D eigenvalue weighted by molar-refractivity contribution is 0.0691. The Hall–Kier alpha value is -1.25. The second-order valence-corrected chi connectivity index (χ2v) is 7.54. The predicted molar refractivity (Wildman–Crippen MR) is 89.4 cm³/mol. The summed E-state index contributed by atoms with van der Waals surface area (Å²) in [5.74, 6) is -3.12. The lowest BCUT2D eigenvalue weighted by Gasteiger charge is -2.32. The van der Waals surface area contributed by atoms with E-state index in [1.54, 1.807) is 4.90 Å². The molecule has 24 heavy (non-hydrogen) atoms. The van der Waals surface area contributed by atoms with Crippen LogP contribution in [0, 0.1) is 5.92 Å². The summed E-state index contributed by atoms with van der Waals surface area (Å²) in [7, 11) is -2.73. The molecule has 1 aromatic rings. The molecule has 1 heterocycles. The fraction of sp³-hybridized carbons (Fsp3) is 0.533. The molecular formula is C15H21ClF2N2O3S. The van der Waals surface area contributed by atoms with Gasteiger partial charge in [-0.3, -0.25) is 4.79 Å². The van der Waals surface area contributed by atoms with E-state index in [0.29, 0.717) is 24.6 Å². The third-order valence-corrected chi connectivity index (χ3v) is 5.46. The van der Waals surface area contributed by atoms with Crippen molar-refractivity contribution in [1.82, 2.24) is 10.2 Å². The summed E-state index contributed by atoms with van der Waals surface area (Å²) in [5, 5.41) is 3.12. The Bertz CT molecular complexity index is 645. The summed E-state index contributed by atoms with van der Waals surface area (Å²) in [6.07, 6.45) is 1.81. The van der Waals surface area contributed by atoms with Crippen LogP contribution in [0.1, 0.15) is 23.2 Å². The number of halogens is 3. The molecule has 1 fully saturated rings. The van der Waals surface area contributed by atoms with Gasteiger partial charge in [0.05, 0.1) is 4.90 Å². The lowest BCUT2D eigenvalue weighted by atomic mass is 9.96. The number of carbonyl (C=O) groups is 1. The van der Waals surface area contributed by atoms with E-state index in [1.807, 2.05) is 7.05 Å². The van der Waals surface area contributed by atoms with E-state index in [1.165, 1.54) is 12.1 Å². The molecule has 2 rings (SSSR count). The molecule has 0 unspecified atom stereocenters. The minimum atomic E-state index is -4.62. The molecule has 1 amide bonds. The van der Waals surface area contributed by atoms with Crippen LogP contribution in [-0.2, 0) is 9.84 Å². The molecule has 0 aliphatic carbocycles. The van der Waals surface area contributed by atoms with Crippen LogP contribution in [0.15, 0.2) is 29.2 Å². The van der Waals surface area contributed by atoms with Gasteiger partial charge in [0.2, 0.25) is 9.84 Å². The SMILES string of the molecule is CNCC1CCN(C(=O)c2ccc(S(=O)(=O)C(F)F)cc2)CC1.Cl. The summed E-state index contributed by atoms with van der Waals surface area (Å²) in [5.41, 5.74) is 0.310. The molecule has 1 aliphatic rings. The van der Waals surface area contributed by atoms with E-state index >= 15 is 0 Å². The van der Waals surface area contributed by atoms with Gasteiger partial charge in [-0.1, -0.05) is 0 Å². The fourth-order valence-corrected chi connectivity index (χ4v) is 3.42. The van der Waals surface area contributed by atoms with Crippen LogP contribution in [0.5, 0.6) is 0 Å². The average Bonchev–Trinajstić information content (AvgIpc) is 2.55. The van der Waals surface area contributed by atoms with E-state index < -0.39 is 20.5 Å². The number of carbonyl (C=O) groups excluding carboxylic acids is 1. The van der Waals surface area contributed by atoms with E-state index in [4.69, 9.17) is 0 Å². The number of sulfone groups is 1. The fourth-order valence-electron chi connectivity index (χ4n) is 2.70. The molecule has 0 bridgehead atoms. The normalized spacial score (nSPS) is 16.1. The quantitative estimate of drug-likeness (QED) is 0.847. The first-order valence-electron chi connectivity index (χ1n) is 7.42. The van der Waals surface area contributed by atoms with Gasteiger partial charge in [0.25, 0.3) is 5.91 Å². The average molecular weight is 383 g/mol. The van der Waals surface area contributed by atoms with Gasteiger partial charge in [-0.05, 0) is 56.6 Å². The molecular weight excluding hydrogens is 362 g/mol. The zero-order valence-electron chi connectivity index (χ0n) is 13.2. The van der Waals surface area contributed by atoms with Crippen molar-refractivity contribution >= 4 is 28.2 Å². The Balaban J connectivity index is 0.00000288. The second-order valence-electron chi connectivity index (χ2n) is 5.62. The number of piperidine rings is 1. The molecule has 136 valence electrons. The minimum absolute atomic E-state index is 0. The first kappa shape index (κ1) is 20.8. The van der Waals surface area contributed by atoms with Gasteiger partial charge in [-0.15, -0.1) is 12.4 Å². The molecule has 1 aliphatic heterocycles. The molecule has 1 aromatic carbocycles. The van der Waals surface area contributed by atoms with Gasteiger partial charge in [0.1, 0.15) is 0 Å². The van der Waals surface area contributed by atoms with Gasteiger partial charge in [0, 0.05) is 18.7 Å². The first-order chi connectivity index (χ1) is 10.9. The number of amides is 1. The zero-order chi connectivity index (χ0) is 17.0. The highest BCUT2D eigenvalue weighted by Crippen LogP contribution is 2.21. The summed E-state index contributed by atoms with van der Waals surface area (Å²) in [6.45, 7) is 2.20. The summed E-state index contributed by atoms with van der Waals surface area (Å²) in [6, 6.07) is 4.69. The van der Waals surface area contributed by atoms with Gasteiger partial charge in [0.15, 0.2) is 0 Å². The van der Waals surface area contributed by atoms with E-state index in [0.717, 1.165) is 31.5 Å². The molecule has 1 saturated heterocycles. The predicted octanol–water partition coefficient (Wildman–Crippen LogP) is 2.18. The highest BCUT2D eigenvalue weighted by Gasteiger charge is 2.27. The third kappa shape index (κ3) is 4.64. The summed E-state index contributed by atoms with van der Waals surface area (Å²) >= 11 is 0. The Morgan fingerprint density at radius 1 is 1.25 bits per heavy atom. The highest BCUT2D eigenvalue weighted by molar-refractivity contribution is 7.91. The number of hydrogen-bond acceptors (Lipinski definition) is 4. The molecule has 0 radical (unpaired) electrons. The third-order valence-electron chi connectivity index (χ3n) is 4.06. The smallest absolute Gasteiger partial charge is 0.339 e. The van der Waals surface area contributed by atoms with Crippen LogP contribution in [0.4, 0.5) is 8.78 Å². The number of nitrogens with one attached hydrogen (secondary N) is 1. The van der Waals surface area contributed by atoms with Crippen molar-refractivity contribution in [2.75, 3.05) is 26.7 Å². The maximum atomic E-state index is 12.5. The largest absolute Gasteiger partial charge is 0.341 e. The van der Waals surface area contributed by atoms with Gasteiger partial charge >= 0.3 is 5.76 Å². The van der Waals surface area contributed by atoms with Crippen molar-refractivity contribution in [2.45, 2.75) is 23.5 Å². The summed E-state index contributed by atoms with van der Waals surface area (Å²) in [4.78, 5) is 13.6. The molecule has 1 N–H and O–H groups in total.